The lowest BCUT2D eigenvalue weighted by Crippen LogP contribution is -2.38. The molecular formula is C22H27N5O2S. The molecule has 1 aromatic carbocycles. The molecular weight excluding hydrogens is 398 g/mol. The molecule has 3 aromatic rings. The summed E-state index contributed by atoms with van der Waals surface area (Å²) in [5.41, 5.74) is 3.86. The Bertz CT molecular complexity index is 1130. The lowest BCUT2D eigenvalue weighted by atomic mass is 9.96. The van der Waals surface area contributed by atoms with Crippen LogP contribution in [0.5, 0.6) is 0 Å². The van der Waals surface area contributed by atoms with Gasteiger partial charge in [0.15, 0.2) is 0 Å². The molecule has 1 aliphatic rings. The molecule has 30 heavy (non-hydrogen) atoms. The Balaban J connectivity index is 1.43. The van der Waals surface area contributed by atoms with Gasteiger partial charge in [-0.2, -0.15) is 4.52 Å². The number of nitrogens with zero attached hydrogens (tertiary/aromatic N) is 4. The molecule has 0 saturated carbocycles. The minimum Gasteiger partial charge on any atom is -0.347 e. The lowest BCUT2D eigenvalue weighted by molar-refractivity contribution is -0.120. The zero-order valence-electron chi connectivity index (χ0n) is 17.6. The maximum Gasteiger partial charge on any atom is 0.275 e. The molecule has 0 atom stereocenters. The summed E-state index contributed by atoms with van der Waals surface area (Å²) >= 11 is 1.44. The van der Waals surface area contributed by atoms with E-state index >= 15 is 0 Å². The first-order valence-electron chi connectivity index (χ1n) is 10.5. The number of carbonyl (C=O) groups is 1. The van der Waals surface area contributed by atoms with Gasteiger partial charge in [0.25, 0.3) is 5.56 Å². The predicted octanol–water partition coefficient (Wildman–Crippen LogP) is 3.58. The number of piperidine rings is 1. The summed E-state index contributed by atoms with van der Waals surface area (Å²) in [5.74, 6) is 0.0577. The summed E-state index contributed by atoms with van der Waals surface area (Å²) in [6, 6.07) is 7.54. The Labute approximate surface area is 179 Å². The average molecular weight is 426 g/mol. The number of aryl methyl sites for hydroxylation is 2. The number of nitrogens with one attached hydrogen (secondary N) is 1. The Kier molecular flexibility index (Phi) is 5.85. The number of rotatable bonds is 5. The quantitative estimate of drug-likeness (QED) is 0.676. The highest BCUT2D eigenvalue weighted by atomic mass is 32.1. The minimum absolute atomic E-state index is 0.0208. The van der Waals surface area contributed by atoms with Crippen LogP contribution >= 0.6 is 11.3 Å². The van der Waals surface area contributed by atoms with E-state index in [2.05, 4.69) is 27.2 Å². The first-order chi connectivity index (χ1) is 14.5. The van der Waals surface area contributed by atoms with E-state index in [1.54, 1.807) is 6.07 Å². The van der Waals surface area contributed by atoms with Gasteiger partial charge in [0.1, 0.15) is 0 Å². The van der Waals surface area contributed by atoms with Crippen molar-refractivity contribution in [1.82, 2.24) is 14.6 Å². The Morgan fingerprint density at radius 1 is 1.27 bits per heavy atom. The highest BCUT2D eigenvalue weighted by molar-refractivity contribution is 7.20. The maximum atomic E-state index is 12.8. The third-order valence-electron chi connectivity index (χ3n) is 5.79. The van der Waals surface area contributed by atoms with Gasteiger partial charge in [-0.25, -0.2) is 4.98 Å². The van der Waals surface area contributed by atoms with Crippen molar-refractivity contribution in [3.8, 4) is 0 Å². The van der Waals surface area contributed by atoms with Crippen molar-refractivity contribution in [1.29, 1.82) is 0 Å². The van der Waals surface area contributed by atoms with Crippen molar-refractivity contribution in [3.63, 3.8) is 0 Å². The van der Waals surface area contributed by atoms with E-state index in [9.17, 15) is 9.59 Å². The second kappa shape index (κ2) is 8.55. The van der Waals surface area contributed by atoms with Crippen LogP contribution in [0.1, 0.15) is 43.0 Å². The predicted molar refractivity (Wildman–Crippen MR) is 121 cm³/mol. The standard InChI is InChI=1S/C22H27N5O2S/c1-4-6-17-13-19(28)27-21(23-17)30-22(25-27)26-11-9-16(10-12-26)20(29)24-18-8-5-7-14(2)15(18)3/h5,7-8,13,16H,4,6,9-12H2,1-3H3,(H,24,29). The van der Waals surface area contributed by atoms with E-state index in [0.29, 0.717) is 4.96 Å². The molecule has 1 N–H and O–H groups in total. The molecule has 1 saturated heterocycles. The van der Waals surface area contributed by atoms with Crippen molar-refractivity contribution >= 4 is 33.0 Å². The van der Waals surface area contributed by atoms with Gasteiger partial charge in [-0.15, -0.1) is 5.10 Å². The number of fused-ring (bicyclic) bond motifs is 1. The summed E-state index contributed by atoms with van der Waals surface area (Å²) in [5, 5.41) is 8.37. The summed E-state index contributed by atoms with van der Waals surface area (Å²) in [6.07, 6.45) is 3.26. The van der Waals surface area contributed by atoms with Gasteiger partial charge in [0, 0.05) is 36.5 Å². The largest absolute Gasteiger partial charge is 0.347 e. The molecule has 0 spiro atoms. The molecule has 2 aromatic heterocycles. The molecule has 1 fully saturated rings. The maximum absolute atomic E-state index is 12.8. The van der Waals surface area contributed by atoms with Crippen molar-refractivity contribution in [2.24, 2.45) is 5.92 Å². The highest BCUT2D eigenvalue weighted by Crippen LogP contribution is 2.28. The summed E-state index contributed by atoms with van der Waals surface area (Å²) in [4.78, 5) is 32.5. The van der Waals surface area contributed by atoms with Gasteiger partial charge in [0.05, 0.1) is 0 Å². The minimum atomic E-state index is -0.131. The number of amides is 1. The fourth-order valence-electron chi connectivity index (χ4n) is 3.81. The molecule has 1 aliphatic heterocycles. The molecule has 8 heteroatoms. The summed E-state index contributed by atoms with van der Waals surface area (Å²) < 4.78 is 1.39. The van der Waals surface area contributed by atoms with Gasteiger partial charge in [-0.3, -0.25) is 9.59 Å². The van der Waals surface area contributed by atoms with Crippen molar-refractivity contribution in [3.05, 3.63) is 51.4 Å². The third-order valence-corrected chi connectivity index (χ3v) is 6.76. The first kappa shape index (κ1) is 20.5. The Hall–Kier alpha value is -2.74. The molecule has 7 nitrogen and oxygen atoms in total. The Morgan fingerprint density at radius 3 is 2.77 bits per heavy atom. The van der Waals surface area contributed by atoms with Gasteiger partial charge < -0.3 is 10.2 Å². The van der Waals surface area contributed by atoms with Crippen LogP contribution in [0.25, 0.3) is 4.96 Å². The number of hydrogen-bond acceptors (Lipinski definition) is 6. The van der Waals surface area contributed by atoms with Crippen LogP contribution in [0.3, 0.4) is 0 Å². The second-order valence-electron chi connectivity index (χ2n) is 7.91. The zero-order chi connectivity index (χ0) is 21.3. The molecule has 0 bridgehead atoms. The number of hydrogen-bond donors (Lipinski definition) is 1. The van der Waals surface area contributed by atoms with E-state index in [-0.39, 0.29) is 17.4 Å². The van der Waals surface area contributed by atoms with Crippen molar-refractivity contribution < 1.29 is 4.79 Å². The van der Waals surface area contributed by atoms with Crippen LogP contribution in [0.4, 0.5) is 10.8 Å². The van der Waals surface area contributed by atoms with E-state index in [0.717, 1.165) is 60.8 Å². The fraction of sp³-hybridized carbons (Fsp3) is 0.455. The van der Waals surface area contributed by atoms with E-state index in [4.69, 9.17) is 0 Å². The van der Waals surface area contributed by atoms with Crippen molar-refractivity contribution in [2.75, 3.05) is 23.3 Å². The van der Waals surface area contributed by atoms with Crippen LogP contribution in [-0.4, -0.2) is 33.6 Å². The molecule has 0 radical (unpaired) electrons. The van der Waals surface area contributed by atoms with Gasteiger partial charge in [-0.1, -0.05) is 36.8 Å². The smallest absolute Gasteiger partial charge is 0.275 e. The highest BCUT2D eigenvalue weighted by Gasteiger charge is 2.27. The molecule has 1 amide bonds. The van der Waals surface area contributed by atoms with E-state index < -0.39 is 0 Å². The first-order valence-corrected chi connectivity index (χ1v) is 11.3. The van der Waals surface area contributed by atoms with Crippen LogP contribution in [0.15, 0.2) is 29.1 Å². The molecule has 158 valence electrons. The lowest BCUT2D eigenvalue weighted by Gasteiger charge is -2.30. The van der Waals surface area contributed by atoms with E-state index in [1.165, 1.54) is 21.4 Å². The molecule has 3 heterocycles. The summed E-state index contributed by atoms with van der Waals surface area (Å²) in [6.45, 7) is 7.63. The fourth-order valence-corrected chi connectivity index (χ4v) is 4.79. The number of anilines is 2. The number of aromatic nitrogens is 3. The van der Waals surface area contributed by atoms with Gasteiger partial charge in [-0.05, 0) is 50.3 Å². The SMILES string of the molecule is CCCc1cc(=O)n2nc(N3CCC(C(=O)Nc4cccc(C)c4C)CC3)sc2n1. The summed E-state index contributed by atoms with van der Waals surface area (Å²) in [7, 11) is 0. The average Bonchev–Trinajstić information content (AvgIpc) is 3.16. The molecule has 4 rings (SSSR count). The van der Waals surface area contributed by atoms with Gasteiger partial charge in [0.2, 0.25) is 16.0 Å². The molecule has 0 aliphatic carbocycles. The topological polar surface area (TPSA) is 79.6 Å². The zero-order valence-corrected chi connectivity index (χ0v) is 18.5. The Morgan fingerprint density at radius 2 is 2.03 bits per heavy atom. The normalized spacial score (nSPS) is 15.0. The van der Waals surface area contributed by atoms with Crippen LogP contribution < -0.4 is 15.8 Å². The number of carbonyl (C=O) groups excluding carboxylic acids is 1. The van der Waals surface area contributed by atoms with E-state index in [1.807, 2.05) is 32.0 Å². The van der Waals surface area contributed by atoms with Crippen molar-refractivity contribution in [2.45, 2.75) is 46.5 Å². The second-order valence-corrected chi connectivity index (χ2v) is 8.85. The van der Waals surface area contributed by atoms with Crippen LogP contribution in [0, 0.1) is 19.8 Å². The van der Waals surface area contributed by atoms with Gasteiger partial charge >= 0.3 is 0 Å². The monoisotopic (exact) mass is 425 g/mol. The van der Waals surface area contributed by atoms with Crippen LogP contribution in [0.2, 0.25) is 0 Å². The number of benzene rings is 1. The third kappa shape index (κ3) is 4.09. The molecule has 0 unspecified atom stereocenters. The van der Waals surface area contributed by atoms with Crippen LogP contribution in [-0.2, 0) is 11.2 Å².